The Morgan fingerprint density at radius 2 is 1.62 bits per heavy atom. The lowest BCUT2D eigenvalue weighted by Crippen LogP contribution is -2.11. The molecule has 0 radical (unpaired) electrons. The average molecular weight is 226 g/mol. The Morgan fingerprint density at radius 3 is 2.19 bits per heavy atom. The van der Waals surface area contributed by atoms with Crippen LogP contribution in [-0.2, 0) is 4.74 Å². The first kappa shape index (κ1) is 15.7. The van der Waals surface area contributed by atoms with Gasteiger partial charge in [-0.15, -0.1) is 6.58 Å². The van der Waals surface area contributed by atoms with Crippen LogP contribution in [0.2, 0.25) is 0 Å². The Kier molecular flexibility index (Phi) is 12.5. The third kappa shape index (κ3) is 10.2. The van der Waals surface area contributed by atoms with E-state index in [1.54, 1.807) is 0 Å². The van der Waals surface area contributed by atoms with Crippen molar-refractivity contribution in [3.05, 3.63) is 12.7 Å². The normalized spacial score (nSPS) is 12.6. The second-order valence-corrected chi connectivity index (χ2v) is 4.51. The molecule has 0 aromatic rings. The first-order chi connectivity index (χ1) is 7.85. The molecule has 0 spiro atoms. The summed E-state index contributed by atoms with van der Waals surface area (Å²) < 4.78 is 5.66. The molecule has 0 saturated carbocycles. The Morgan fingerprint density at radius 1 is 1.00 bits per heavy atom. The number of unbranched alkanes of at least 4 members (excludes halogenated alkanes) is 6. The van der Waals surface area contributed by atoms with Crippen LogP contribution in [0.25, 0.3) is 0 Å². The van der Waals surface area contributed by atoms with E-state index in [9.17, 15) is 0 Å². The van der Waals surface area contributed by atoms with Gasteiger partial charge in [0.2, 0.25) is 0 Å². The van der Waals surface area contributed by atoms with Gasteiger partial charge in [-0.1, -0.05) is 57.9 Å². The molecule has 0 aromatic carbocycles. The van der Waals surface area contributed by atoms with Gasteiger partial charge in [0.15, 0.2) is 0 Å². The van der Waals surface area contributed by atoms with Crippen molar-refractivity contribution < 1.29 is 4.74 Å². The quantitative estimate of drug-likeness (QED) is 0.332. The zero-order valence-corrected chi connectivity index (χ0v) is 11.3. The highest BCUT2D eigenvalue weighted by molar-refractivity contribution is 4.73. The van der Waals surface area contributed by atoms with Gasteiger partial charge in [0, 0.05) is 6.61 Å². The summed E-state index contributed by atoms with van der Waals surface area (Å²) in [5, 5.41) is 0. The number of hydrogen-bond donors (Lipinski definition) is 0. The molecule has 1 atom stereocenters. The molecule has 0 aromatic heterocycles. The zero-order chi connectivity index (χ0) is 12.1. The lowest BCUT2D eigenvalue weighted by atomic mass is 10.0. The van der Waals surface area contributed by atoms with Crippen molar-refractivity contribution in [2.75, 3.05) is 6.61 Å². The fourth-order valence-electron chi connectivity index (χ4n) is 2.02. The summed E-state index contributed by atoms with van der Waals surface area (Å²) in [6.45, 7) is 8.95. The summed E-state index contributed by atoms with van der Waals surface area (Å²) >= 11 is 0. The summed E-state index contributed by atoms with van der Waals surface area (Å²) in [5.41, 5.74) is 0. The van der Waals surface area contributed by atoms with Gasteiger partial charge in [0.1, 0.15) is 0 Å². The van der Waals surface area contributed by atoms with E-state index in [2.05, 4.69) is 20.4 Å². The third-order valence-corrected chi connectivity index (χ3v) is 2.96. The fraction of sp³-hybridized carbons (Fsp3) is 0.867. The summed E-state index contributed by atoms with van der Waals surface area (Å²) in [6, 6.07) is 0. The minimum absolute atomic E-state index is 0.415. The molecule has 0 N–H and O–H groups in total. The van der Waals surface area contributed by atoms with Crippen LogP contribution >= 0.6 is 0 Å². The highest BCUT2D eigenvalue weighted by atomic mass is 16.5. The highest BCUT2D eigenvalue weighted by Gasteiger charge is 2.05. The first-order valence-electron chi connectivity index (χ1n) is 7.07. The molecule has 1 unspecified atom stereocenters. The zero-order valence-electron chi connectivity index (χ0n) is 11.3. The topological polar surface area (TPSA) is 9.23 Å². The van der Waals surface area contributed by atoms with Crippen molar-refractivity contribution in [3.8, 4) is 0 Å². The molecule has 1 heteroatoms. The van der Waals surface area contributed by atoms with Crippen molar-refractivity contribution >= 4 is 0 Å². The molecule has 0 fully saturated rings. The lowest BCUT2D eigenvalue weighted by molar-refractivity contribution is 0.0571. The van der Waals surface area contributed by atoms with Crippen LogP contribution in [-0.4, -0.2) is 12.7 Å². The molecule has 0 rings (SSSR count). The molecule has 0 bridgehead atoms. The van der Waals surface area contributed by atoms with E-state index in [0.29, 0.717) is 6.10 Å². The van der Waals surface area contributed by atoms with Gasteiger partial charge < -0.3 is 4.74 Å². The Labute approximate surface area is 102 Å². The standard InChI is InChI=1S/C15H30O/c1-4-7-8-9-10-11-12-14-15(13-5-2)16-6-3/h5,15H,2,4,6-14H2,1,3H3. The van der Waals surface area contributed by atoms with E-state index in [1.807, 2.05) is 6.08 Å². The maximum atomic E-state index is 5.66. The monoisotopic (exact) mass is 226 g/mol. The predicted molar refractivity (Wildman–Crippen MR) is 72.8 cm³/mol. The van der Waals surface area contributed by atoms with Crippen molar-refractivity contribution in [2.24, 2.45) is 0 Å². The van der Waals surface area contributed by atoms with E-state index in [-0.39, 0.29) is 0 Å². The predicted octanol–water partition coefficient (Wildman–Crippen LogP) is 5.11. The van der Waals surface area contributed by atoms with Gasteiger partial charge >= 0.3 is 0 Å². The van der Waals surface area contributed by atoms with Gasteiger partial charge in [-0.25, -0.2) is 0 Å². The number of hydrogen-bond acceptors (Lipinski definition) is 1. The van der Waals surface area contributed by atoms with Gasteiger partial charge in [-0.2, -0.15) is 0 Å². The molecule has 1 nitrogen and oxygen atoms in total. The van der Waals surface area contributed by atoms with Crippen LogP contribution in [0.15, 0.2) is 12.7 Å². The number of rotatable bonds is 12. The van der Waals surface area contributed by atoms with E-state index < -0.39 is 0 Å². The van der Waals surface area contributed by atoms with E-state index in [4.69, 9.17) is 4.74 Å². The molecule has 0 saturated heterocycles. The van der Waals surface area contributed by atoms with Crippen molar-refractivity contribution in [1.82, 2.24) is 0 Å². The van der Waals surface area contributed by atoms with Crippen LogP contribution in [0.4, 0.5) is 0 Å². The van der Waals surface area contributed by atoms with E-state index in [0.717, 1.165) is 13.0 Å². The van der Waals surface area contributed by atoms with Crippen molar-refractivity contribution in [3.63, 3.8) is 0 Å². The molecule has 0 amide bonds. The minimum atomic E-state index is 0.415. The van der Waals surface area contributed by atoms with Gasteiger partial charge in [-0.05, 0) is 19.8 Å². The van der Waals surface area contributed by atoms with Crippen LogP contribution in [0.5, 0.6) is 0 Å². The molecule has 16 heavy (non-hydrogen) atoms. The van der Waals surface area contributed by atoms with Crippen LogP contribution in [0.1, 0.15) is 71.6 Å². The van der Waals surface area contributed by atoms with E-state index in [1.165, 1.54) is 51.4 Å². The summed E-state index contributed by atoms with van der Waals surface area (Å²) in [4.78, 5) is 0. The fourth-order valence-corrected chi connectivity index (χ4v) is 2.02. The summed E-state index contributed by atoms with van der Waals surface area (Å²) in [7, 11) is 0. The SMILES string of the molecule is C=CCC(CCCCCCCCC)OCC. The molecular formula is C15H30O. The van der Waals surface area contributed by atoms with Crippen LogP contribution in [0, 0.1) is 0 Å². The second kappa shape index (κ2) is 12.8. The molecular weight excluding hydrogens is 196 g/mol. The Hall–Kier alpha value is -0.300. The number of ether oxygens (including phenoxy) is 1. The second-order valence-electron chi connectivity index (χ2n) is 4.51. The smallest absolute Gasteiger partial charge is 0.0609 e. The first-order valence-corrected chi connectivity index (χ1v) is 7.07. The molecule has 96 valence electrons. The molecule has 0 aliphatic heterocycles. The summed E-state index contributed by atoms with van der Waals surface area (Å²) in [6.07, 6.45) is 14.2. The maximum absolute atomic E-state index is 5.66. The summed E-state index contributed by atoms with van der Waals surface area (Å²) in [5.74, 6) is 0. The maximum Gasteiger partial charge on any atom is 0.0609 e. The molecule has 0 heterocycles. The van der Waals surface area contributed by atoms with Gasteiger partial charge in [0.25, 0.3) is 0 Å². The average Bonchev–Trinajstić information content (AvgIpc) is 2.28. The van der Waals surface area contributed by atoms with Crippen LogP contribution < -0.4 is 0 Å². The van der Waals surface area contributed by atoms with Crippen molar-refractivity contribution in [2.45, 2.75) is 77.7 Å². The minimum Gasteiger partial charge on any atom is -0.378 e. The van der Waals surface area contributed by atoms with Crippen molar-refractivity contribution in [1.29, 1.82) is 0 Å². The van der Waals surface area contributed by atoms with Gasteiger partial charge in [-0.3, -0.25) is 0 Å². The van der Waals surface area contributed by atoms with E-state index >= 15 is 0 Å². The third-order valence-electron chi connectivity index (χ3n) is 2.96. The molecule has 0 aliphatic rings. The Bertz CT molecular complexity index is 142. The Balaban J connectivity index is 3.29. The largest absolute Gasteiger partial charge is 0.378 e. The van der Waals surface area contributed by atoms with Crippen LogP contribution in [0.3, 0.4) is 0 Å². The molecule has 0 aliphatic carbocycles. The lowest BCUT2D eigenvalue weighted by Gasteiger charge is -2.14. The highest BCUT2D eigenvalue weighted by Crippen LogP contribution is 2.13. The van der Waals surface area contributed by atoms with Gasteiger partial charge in [0.05, 0.1) is 6.10 Å².